The van der Waals surface area contributed by atoms with Crippen LogP contribution in [0.5, 0.6) is 0 Å². The summed E-state index contributed by atoms with van der Waals surface area (Å²) < 4.78 is 79.5. The molecule has 0 aromatic carbocycles. The number of likely N-dealkylation sites (tertiary alicyclic amines) is 1. The lowest BCUT2D eigenvalue weighted by atomic mass is 9.65. The molecular weight excluding hydrogens is 1350 g/mol. The minimum absolute atomic E-state index is 0. The Balaban J connectivity index is 0.000000673. The SMILES string of the molecule is CCN1CC2(C)CC1CC(C)(C)C2.I.OC[C@H]1O[C@@H]2O[C@H]3[C@H](O)[C@@H](O)[C@@H](O[C@H]4[C@H](O)[C@@H](O)[C@@H](O[C@H]5[C@H](O)[C@@H](O)[C@@H](O[C@H]6[C@@H](O)[C@H](O)[C@@H](O[C@H]7[C@@H](O)[C@H](O)[C@@H](O[C@H]8[C@@H](O)[C@H](O)[C@@H](O[C@H]1[C@H](O)[C@H]2O)O[C@@H]8CO)O[C@@H]7CO)O[C@@H]6CO)O[C@@H]5CO)O[C@@H]4CO)O[C@@H]3CO. The van der Waals surface area contributed by atoms with Crippen molar-refractivity contribution in [2.24, 2.45) is 10.8 Å². The highest BCUT2D eigenvalue weighted by molar-refractivity contribution is 14.0. The molecule has 22 heterocycles. The van der Waals surface area contributed by atoms with Crippen LogP contribution in [0, 0.1) is 10.8 Å². The van der Waals surface area contributed by atoms with E-state index in [0.717, 1.165) is 6.04 Å². The van der Waals surface area contributed by atoms with Crippen molar-refractivity contribution in [2.45, 2.75) is 268 Å². The fourth-order valence-corrected chi connectivity index (χ4v) is 14.4. The predicted molar refractivity (Wildman–Crippen MR) is 301 cm³/mol. The van der Waals surface area contributed by atoms with E-state index in [0.29, 0.717) is 10.8 Å². The van der Waals surface area contributed by atoms with Crippen molar-refractivity contribution >= 4 is 24.0 Å². The standard InChI is InChI=1S/C42H70O35.C12H23N.HI/c43-1-8-29-15(50)22(57)36(64-8)72-30-9(2-44)66-38(24(59)17(30)52)74-32-11(4-46)68-40(26(61)19(32)54)76-34-13(6-48)70-42(28(63)21(34)56)77-35-14(7-49)69-41(27(62)20(35)55)75-33-12(5-47)67-39(25(60)18(33)53)73-31-10(3-45)65-37(71-29)23(58)16(31)51;1-5-13-9-12(4)7-10(13)6-11(2,3)8-12;/h8-63H,1-7H2;10H,5-9H2,1-4H3;1H/t8-,9-,10-,11-,12-,13-,14-,15-,16-,17-,18-,19+,20+,21+,22-,23-,24-,25-,26+,27+,28+,29-,30-,31-,32-,33-,34-,35-,36-,37-,38-,39-,40-,41-,42-;;/m1../s1. The number of fused-ring (bicyclic) bond motifs is 2. The summed E-state index contributed by atoms with van der Waals surface area (Å²) in [6, 6.07) is 0.888. The van der Waals surface area contributed by atoms with Crippen LogP contribution in [0.25, 0.3) is 0 Å². The van der Waals surface area contributed by atoms with Gasteiger partial charge in [0.15, 0.2) is 44.0 Å². The van der Waals surface area contributed by atoms with Gasteiger partial charge in [-0.2, -0.15) is 0 Å². The average molecular weight is 1440 g/mol. The Kier molecular flexibility index (Phi) is 26.5. The molecule has 37 atom stereocenters. The lowest BCUT2D eigenvalue weighted by Gasteiger charge is -2.50. The van der Waals surface area contributed by atoms with Gasteiger partial charge in [-0.1, -0.05) is 27.7 Å². The van der Waals surface area contributed by atoms with Crippen molar-refractivity contribution in [1.29, 1.82) is 0 Å². The van der Waals surface area contributed by atoms with E-state index in [2.05, 4.69) is 32.6 Å². The summed E-state index contributed by atoms with van der Waals surface area (Å²) in [6.45, 7) is 4.93. The van der Waals surface area contributed by atoms with Crippen molar-refractivity contribution in [2.75, 3.05) is 59.3 Å². The summed E-state index contributed by atoms with van der Waals surface area (Å²) in [6.07, 6.45) is -66.0. The van der Waals surface area contributed by atoms with Crippen molar-refractivity contribution < 1.29 is 174 Å². The molecule has 1 aliphatic carbocycles. The molecule has 91 heavy (non-hydrogen) atoms. The van der Waals surface area contributed by atoms with Gasteiger partial charge < -0.3 is 178 Å². The molecule has 22 aliphatic heterocycles. The first-order valence-electron chi connectivity index (χ1n) is 30.3. The summed E-state index contributed by atoms with van der Waals surface area (Å²) in [5, 5.41) is 230. The third kappa shape index (κ3) is 15.7. The summed E-state index contributed by atoms with van der Waals surface area (Å²) >= 11 is 0. The van der Waals surface area contributed by atoms with Gasteiger partial charge in [0.1, 0.15) is 171 Å². The second-order valence-electron chi connectivity index (χ2n) is 25.9. The van der Waals surface area contributed by atoms with Gasteiger partial charge in [0.2, 0.25) is 0 Å². The van der Waals surface area contributed by atoms with E-state index >= 15 is 0 Å². The molecule has 532 valence electrons. The molecule has 1 saturated carbocycles. The van der Waals surface area contributed by atoms with Gasteiger partial charge in [-0.05, 0) is 36.6 Å². The first-order chi connectivity index (χ1) is 42.6. The summed E-state index contributed by atoms with van der Waals surface area (Å²) in [7, 11) is 0. The van der Waals surface area contributed by atoms with E-state index in [1.807, 2.05) is 0 Å². The largest absolute Gasteiger partial charge is 0.394 e. The molecule has 23 rings (SSSR count). The third-order valence-corrected chi connectivity index (χ3v) is 18.7. The second-order valence-corrected chi connectivity index (χ2v) is 25.9. The van der Waals surface area contributed by atoms with Crippen molar-refractivity contribution in [3.8, 4) is 0 Å². The Morgan fingerprint density at radius 2 is 0.484 bits per heavy atom. The van der Waals surface area contributed by atoms with Crippen LogP contribution < -0.4 is 0 Å². The number of nitrogens with zero attached hydrogens (tertiary/aromatic N) is 1. The van der Waals surface area contributed by atoms with E-state index in [-0.39, 0.29) is 24.0 Å². The predicted octanol–water partition coefficient (Wildman–Crippen LogP) is -11.7. The van der Waals surface area contributed by atoms with E-state index in [1.54, 1.807) is 0 Å². The molecule has 22 saturated heterocycles. The van der Waals surface area contributed by atoms with Crippen molar-refractivity contribution in [3.63, 3.8) is 0 Å². The quantitative estimate of drug-likeness (QED) is 0.100. The van der Waals surface area contributed by atoms with Crippen molar-refractivity contribution in [1.82, 2.24) is 4.90 Å². The first-order valence-corrected chi connectivity index (χ1v) is 30.3. The molecule has 0 spiro atoms. The molecule has 23 fully saturated rings. The molecule has 0 amide bonds. The van der Waals surface area contributed by atoms with Crippen LogP contribution in [0.1, 0.15) is 47.0 Å². The minimum Gasteiger partial charge on any atom is -0.394 e. The van der Waals surface area contributed by atoms with Gasteiger partial charge in [-0.3, -0.25) is 0 Å². The topological polar surface area (TPSA) is 557 Å². The van der Waals surface area contributed by atoms with Gasteiger partial charge in [0, 0.05) is 12.6 Å². The summed E-state index contributed by atoms with van der Waals surface area (Å²) in [4.78, 5) is 2.69. The van der Waals surface area contributed by atoms with E-state index in [4.69, 9.17) is 66.3 Å². The van der Waals surface area contributed by atoms with Gasteiger partial charge >= 0.3 is 0 Å². The number of aliphatic hydroxyl groups is 21. The molecule has 0 aromatic rings. The fourth-order valence-electron chi connectivity index (χ4n) is 14.4. The first kappa shape index (κ1) is 76.1. The number of aliphatic hydroxyl groups excluding tert-OH is 21. The highest BCUT2D eigenvalue weighted by Gasteiger charge is 2.60. The Bertz CT molecular complexity index is 1880. The smallest absolute Gasteiger partial charge is 0.187 e. The molecule has 36 nitrogen and oxygen atoms in total. The lowest BCUT2D eigenvalue weighted by Crippen LogP contribution is -2.68. The Labute approximate surface area is 538 Å². The highest BCUT2D eigenvalue weighted by atomic mass is 127. The highest BCUT2D eigenvalue weighted by Crippen LogP contribution is 2.52. The summed E-state index contributed by atoms with van der Waals surface area (Å²) in [5.74, 6) is 0. The van der Waals surface area contributed by atoms with Gasteiger partial charge in [-0.15, -0.1) is 24.0 Å². The van der Waals surface area contributed by atoms with Gasteiger partial charge in [0.25, 0.3) is 0 Å². The Morgan fingerprint density at radius 3 is 0.648 bits per heavy atom. The third-order valence-electron chi connectivity index (χ3n) is 18.7. The number of hydrogen-bond donors (Lipinski definition) is 21. The molecule has 2 unspecified atom stereocenters. The zero-order valence-corrected chi connectivity index (χ0v) is 52.6. The number of hydrogen-bond acceptors (Lipinski definition) is 36. The van der Waals surface area contributed by atoms with E-state index in [1.165, 1.54) is 32.4 Å². The van der Waals surface area contributed by atoms with Crippen LogP contribution in [0.3, 0.4) is 0 Å². The van der Waals surface area contributed by atoms with Gasteiger partial charge in [-0.25, -0.2) is 0 Å². The maximum Gasteiger partial charge on any atom is 0.187 e. The molecule has 23 aliphatic rings. The number of rotatable bonds is 8. The average Bonchev–Trinajstić information content (AvgIpc) is 1.80. The molecular formula is C54H94INO35. The van der Waals surface area contributed by atoms with Gasteiger partial charge in [0.05, 0.1) is 46.2 Å². The van der Waals surface area contributed by atoms with Crippen LogP contribution in [0.2, 0.25) is 0 Å². The maximum absolute atomic E-state index is 11.3. The Morgan fingerprint density at radius 1 is 0.297 bits per heavy atom. The second kappa shape index (κ2) is 31.7. The number of ether oxygens (including phenoxy) is 14. The Hall–Kier alpha value is -0.710. The molecule has 37 heteroatoms. The molecule has 16 bridgehead atoms. The molecule has 0 aromatic heterocycles. The fraction of sp³-hybridized carbons (Fsp3) is 1.00. The van der Waals surface area contributed by atoms with E-state index in [9.17, 15) is 107 Å². The minimum atomic E-state index is -2.21. The van der Waals surface area contributed by atoms with Crippen LogP contribution in [-0.4, -0.2) is 392 Å². The zero-order valence-electron chi connectivity index (χ0n) is 50.2. The van der Waals surface area contributed by atoms with E-state index < -0.39 is 261 Å². The maximum atomic E-state index is 11.3. The van der Waals surface area contributed by atoms with Crippen LogP contribution in [0.4, 0.5) is 0 Å². The number of halogens is 1. The zero-order chi connectivity index (χ0) is 65.7. The normalized spacial score (nSPS) is 53.1. The summed E-state index contributed by atoms with van der Waals surface area (Å²) in [5.41, 5.74) is 1.21. The lowest BCUT2D eigenvalue weighted by molar-refractivity contribution is -0.396. The molecule has 21 N–H and O–H groups in total. The van der Waals surface area contributed by atoms with Crippen LogP contribution in [0.15, 0.2) is 0 Å². The van der Waals surface area contributed by atoms with Crippen molar-refractivity contribution in [3.05, 3.63) is 0 Å². The monoisotopic (exact) mass is 1440 g/mol. The molecule has 0 radical (unpaired) electrons. The van der Waals surface area contributed by atoms with Crippen LogP contribution in [-0.2, 0) is 66.3 Å². The van der Waals surface area contributed by atoms with Crippen LogP contribution >= 0.6 is 24.0 Å².